The fourth-order valence-corrected chi connectivity index (χ4v) is 3.17. The van der Waals surface area contributed by atoms with Gasteiger partial charge < -0.3 is 16.8 Å². The normalized spacial score (nSPS) is 15.2. The number of guanidine groups is 1. The zero-order valence-corrected chi connectivity index (χ0v) is 14.9. The van der Waals surface area contributed by atoms with Crippen LogP contribution in [0.5, 0.6) is 0 Å². The van der Waals surface area contributed by atoms with Crippen LogP contribution < -0.4 is 22.1 Å². The minimum absolute atomic E-state index is 0.00614. The predicted octanol–water partition coefficient (Wildman–Crippen LogP) is 2.48. The van der Waals surface area contributed by atoms with Crippen LogP contribution in [0.1, 0.15) is 22.7 Å². The van der Waals surface area contributed by atoms with Crippen LogP contribution in [0.4, 0.5) is 17.3 Å². The van der Waals surface area contributed by atoms with E-state index in [0.717, 1.165) is 4.47 Å². The molecule has 1 aliphatic heterocycles. The van der Waals surface area contributed by atoms with Crippen LogP contribution in [0.25, 0.3) is 0 Å². The van der Waals surface area contributed by atoms with E-state index in [1.54, 1.807) is 24.4 Å². The number of halogens is 2. The number of aliphatic imine (C=N–C) groups is 1. The summed E-state index contributed by atoms with van der Waals surface area (Å²) >= 11 is 9.58. The second-order valence-electron chi connectivity index (χ2n) is 5.07. The molecule has 0 bridgehead atoms. The van der Waals surface area contributed by atoms with Gasteiger partial charge in [-0.05, 0) is 23.8 Å². The Hall–Kier alpha value is -3.01. The number of rotatable bonds is 1. The van der Waals surface area contributed by atoms with Crippen molar-refractivity contribution in [3.63, 3.8) is 0 Å². The number of anilines is 3. The SMILES string of the molecule is N#CNC1=NC(c2cc(Cl)ccc2Br)c2c(nc(N)c(C#N)c2N)N1. The molecule has 6 N–H and O–H groups in total. The maximum atomic E-state index is 9.30. The lowest BCUT2D eigenvalue weighted by molar-refractivity contribution is 0.842. The minimum atomic E-state index is -0.639. The molecule has 10 heteroatoms. The minimum Gasteiger partial charge on any atom is -0.397 e. The Morgan fingerprint density at radius 3 is 2.76 bits per heavy atom. The van der Waals surface area contributed by atoms with Gasteiger partial charge in [0.25, 0.3) is 0 Å². The molecule has 1 atom stereocenters. The van der Waals surface area contributed by atoms with Crippen molar-refractivity contribution in [2.75, 3.05) is 16.8 Å². The van der Waals surface area contributed by atoms with Crippen molar-refractivity contribution in [2.24, 2.45) is 4.99 Å². The van der Waals surface area contributed by atoms with Crippen LogP contribution in [0.3, 0.4) is 0 Å². The summed E-state index contributed by atoms with van der Waals surface area (Å²) in [4.78, 5) is 8.66. The first-order valence-electron chi connectivity index (χ1n) is 6.90. The second kappa shape index (κ2) is 6.48. The maximum Gasteiger partial charge on any atom is 0.211 e. The molecule has 0 amide bonds. The molecule has 0 spiro atoms. The van der Waals surface area contributed by atoms with E-state index in [-0.39, 0.29) is 23.0 Å². The van der Waals surface area contributed by atoms with Crippen molar-refractivity contribution < 1.29 is 0 Å². The van der Waals surface area contributed by atoms with Crippen molar-refractivity contribution in [1.29, 1.82) is 10.5 Å². The highest BCUT2D eigenvalue weighted by Gasteiger charge is 2.30. The van der Waals surface area contributed by atoms with Gasteiger partial charge in [0.2, 0.25) is 5.96 Å². The van der Waals surface area contributed by atoms with Gasteiger partial charge in [0.1, 0.15) is 29.3 Å². The van der Waals surface area contributed by atoms with Gasteiger partial charge in [-0.25, -0.2) is 9.98 Å². The molecule has 8 nitrogen and oxygen atoms in total. The number of hydrogen-bond acceptors (Lipinski definition) is 8. The van der Waals surface area contributed by atoms with Crippen LogP contribution in [0, 0.1) is 22.8 Å². The number of nitrogens with two attached hydrogens (primary N) is 2. The molecule has 3 rings (SSSR count). The van der Waals surface area contributed by atoms with E-state index in [1.165, 1.54) is 0 Å². The third-order valence-corrected chi connectivity index (χ3v) is 4.57. The third kappa shape index (κ3) is 2.91. The fourth-order valence-electron chi connectivity index (χ4n) is 2.53. The van der Waals surface area contributed by atoms with E-state index in [1.807, 2.05) is 6.07 Å². The Morgan fingerprint density at radius 2 is 2.08 bits per heavy atom. The molecule has 0 radical (unpaired) electrons. The standard InChI is InChI=1S/C15H10BrClN8/c16-9-2-1-6(17)3-7(9)12-10-11(20)8(4-18)13(21)24-14(10)25-15(23-12)22-5-19/h1-3,12H,(H6,20,21,22,23,24,25). The molecule has 0 aliphatic carbocycles. The summed E-state index contributed by atoms with van der Waals surface area (Å²) in [5, 5.41) is 24.0. The van der Waals surface area contributed by atoms with Gasteiger partial charge in [-0.3, -0.25) is 5.32 Å². The molecule has 0 saturated carbocycles. The highest BCUT2D eigenvalue weighted by Crippen LogP contribution is 2.42. The summed E-state index contributed by atoms with van der Waals surface area (Å²) in [7, 11) is 0. The van der Waals surface area contributed by atoms with Crippen LogP contribution >= 0.6 is 27.5 Å². The van der Waals surface area contributed by atoms with E-state index in [0.29, 0.717) is 22.0 Å². The molecule has 2 aromatic rings. The lowest BCUT2D eigenvalue weighted by Gasteiger charge is -2.26. The number of nitriles is 2. The molecule has 2 heterocycles. The topological polar surface area (TPSA) is 149 Å². The molecule has 0 fully saturated rings. The highest BCUT2D eigenvalue weighted by molar-refractivity contribution is 9.10. The quantitative estimate of drug-likeness (QED) is 0.411. The van der Waals surface area contributed by atoms with Crippen molar-refractivity contribution in [3.05, 3.63) is 44.4 Å². The fraction of sp³-hybridized carbons (Fsp3) is 0.0667. The first-order valence-corrected chi connectivity index (χ1v) is 8.07. The summed E-state index contributed by atoms with van der Waals surface area (Å²) in [5.74, 6) is 0.495. The molecule has 1 unspecified atom stereocenters. The number of hydrogen-bond donors (Lipinski definition) is 4. The molecule has 124 valence electrons. The molecular weight excluding hydrogens is 408 g/mol. The number of fused-ring (bicyclic) bond motifs is 1. The third-order valence-electron chi connectivity index (χ3n) is 3.61. The van der Waals surface area contributed by atoms with E-state index < -0.39 is 6.04 Å². The average Bonchev–Trinajstić information content (AvgIpc) is 2.57. The first-order chi connectivity index (χ1) is 12.0. The summed E-state index contributed by atoms with van der Waals surface area (Å²) in [6, 6.07) is 6.54. The number of nitrogens with zero attached hydrogens (tertiary/aromatic N) is 4. The van der Waals surface area contributed by atoms with Crippen molar-refractivity contribution in [2.45, 2.75) is 6.04 Å². The van der Waals surface area contributed by atoms with Gasteiger partial charge in [-0.2, -0.15) is 10.5 Å². The average molecular weight is 418 g/mol. The van der Waals surface area contributed by atoms with E-state index in [2.05, 4.69) is 36.5 Å². The van der Waals surface area contributed by atoms with Crippen LogP contribution in [-0.2, 0) is 0 Å². The van der Waals surface area contributed by atoms with Crippen molar-refractivity contribution >= 4 is 50.8 Å². The number of nitrogens with one attached hydrogen (secondary N) is 2. The maximum absolute atomic E-state index is 9.30. The van der Waals surface area contributed by atoms with Crippen molar-refractivity contribution in [3.8, 4) is 12.3 Å². The lowest BCUT2D eigenvalue weighted by atomic mass is 9.95. The molecule has 1 aliphatic rings. The number of aromatic nitrogens is 1. The van der Waals surface area contributed by atoms with E-state index in [9.17, 15) is 5.26 Å². The van der Waals surface area contributed by atoms with E-state index >= 15 is 0 Å². The Labute approximate surface area is 156 Å². The summed E-state index contributed by atoms with van der Waals surface area (Å²) in [6.07, 6.45) is 1.79. The number of nitrogen functional groups attached to an aromatic ring is 2. The number of pyridine rings is 1. The van der Waals surface area contributed by atoms with Gasteiger partial charge >= 0.3 is 0 Å². The molecular formula is C15H10BrClN8. The van der Waals surface area contributed by atoms with Crippen LogP contribution in [-0.4, -0.2) is 10.9 Å². The largest absolute Gasteiger partial charge is 0.397 e. The summed E-state index contributed by atoms with van der Waals surface area (Å²) in [6.45, 7) is 0. The Morgan fingerprint density at radius 1 is 1.32 bits per heavy atom. The van der Waals surface area contributed by atoms with Crippen LogP contribution in [0.2, 0.25) is 5.02 Å². The van der Waals surface area contributed by atoms with Crippen LogP contribution in [0.15, 0.2) is 27.7 Å². The first kappa shape index (κ1) is 16.8. The Balaban J connectivity index is 2.30. The highest BCUT2D eigenvalue weighted by atomic mass is 79.9. The van der Waals surface area contributed by atoms with Gasteiger partial charge in [-0.15, -0.1) is 0 Å². The molecule has 25 heavy (non-hydrogen) atoms. The zero-order chi connectivity index (χ0) is 18.1. The zero-order valence-electron chi connectivity index (χ0n) is 12.5. The monoisotopic (exact) mass is 416 g/mol. The smallest absolute Gasteiger partial charge is 0.211 e. The van der Waals surface area contributed by atoms with Crippen molar-refractivity contribution in [1.82, 2.24) is 10.3 Å². The van der Waals surface area contributed by atoms with E-state index in [4.69, 9.17) is 28.3 Å². The summed E-state index contributed by atoms with van der Waals surface area (Å²) in [5.41, 5.74) is 13.4. The van der Waals surface area contributed by atoms with Gasteiger partial charge in [0.15, 0.2) is 6.19 Å². The van der Waals surface area contributed by atoms with Gasteiger partial charge in [0.05, 0.1) is 5.69 Å². The Bertz CT molecular complexity index is 988. The lowest BCUT2D eigenvalue weighted by Crippen LogP contribution is -2.32. The molecule has 0 saturated heterocycles. The number of benzene rings is 1. The predicted molar refractivity (Wildman–Crippen MR) is 98.6 cm³/mol. The summed E-state index contributed by atoms with van der Waals surface area (Å²) < 4.78 is 0.740. The van der Waals surface area contributed by atoms with Gasteiger partial charge in [0, 0.05) is 15.1 Å². The Kier molecular flexibility index (Phi) is 4.36. The second-order valence-corrected chi connectivity index (χ2v) is 6.36. The molecule has 1 aromatic heterocycles. The molecule has 1 aromatic carbocycles. The van der Waals surface area contributed by atoms with Gasteiger partial charge in [-0.1, -0.05) is 27.5 Å².